The first-order valence-corrected chi connectivity index (χ1v) is 8.16. The molecular formula is C17H19N5O4. The molecule has 1 fully saturated rings. The summed E-state index contributed by atoms with van der Waals surface area (Å²) in [5.41, 5.74) is 0.697. The largest absolute Gasteiger partial charge is 0.465 e. The smallest absolute Gasteiger partial charge is 0.337 e. The summed E-state index contributed by atoms with van der Waals surface area (Å²) < 4.78 is 4.72. The van der Waals surface area contributed by atoms with E-state index in [9.17, 15) is 14.9 Å². The number of piperazine rings is 1. The van der Waals surface area contributed by atoms with Crippen LogP contribution in [-0.4, -0.2) is 54.1 Å². The van der Waals surface area contributed by atoms with Crippen molar-refractivity contribution in [2.45, 2.75) is 6.92 Å². The number of methoxy groups -OCH3 is 1. The Kier molecular flexibility index (Phi) is 4.97. The minimum absolute atomic E-state index is 0.0241. The molecule has 9 nitrogen and oxygen atoms in total. The Labute approximate surface area is 150 Å². The number of ether oxygens (including phenoxy) is 1. The number of esters is 1. The van der Waals surface area contributed by atoms with Crippen LogP contribution in [-0.2, 0) is 4.74 Å². The van der Waals surface area contributed by atoms with Crippen LogP contribution in [0.2, 0.25) is 0 Å². The van der Waals surface area contributed by atoms with Gasteiger partial charge in [-0.15, -0.1) is 0 Å². The highest BCUT2D eigenvalue weighted by molar-refractivity contribution is 5.91. The van der Waals surface area contributed by atoms with Gasteiger partial charge in [0.1, 0.15) is 17.3 Å². The topological polar surface area (TPSA) is 102 Å². The fourth-order valence-corrected chi connectivity index (χ4v) is 2.97. The molecule has 2 aromatic rings. The fraction of sp³-hybridized carbons (Fsp3) is 0.353. The second-order valence-corrected chi connectivity index (χ2v) is 5.89. The van der Waals surface area contributed by atoms with Crippen LogP contribution in [0, 0.1) is 17.0 Å². The number of aromatic nitrogens is 2. The molecule has 1 aromatic heterocycles. The Bertz CT molecular complexity index is 834. The summed E-state index contributed by atoms with van der Waals surface area (Å²) >= 11 is 0. The number of rotatable bonds is 4. The molecule has 0 bridgehead atoms. The average molecular weight is 357 g/mol. The normalized spacial score (nSPS) is 14.2. The van der Waals surface area contributed by atoms with Gasteiger partial charge in [-0.05, 0) is 25.1 Å². The highest BCUT2D eigenvalue weighted by Crippen LogP contribution is 2.30. The lowest BCUT2D eigenvalue weighted by atomic mass is 10.1. The molecule has 0 atom stereocenters. The maximum absolute atomic E-state index is 11.8. The quantitative estimate of drug-likeness (QED) is 0.464. The van der Waals surface area contributed by atoms with Gasteiger partial charge in [-0.25, -0.2) is 14.8 Å². The van der Waals surface area contributed by atoms with E-state index >= 15 is 0 Å². The molecule has 0 unspecified atom stereocenters. The van der Waals surface area contributed by atoms with Crippen LogP contribution < -0.4 is 9.80 Å². The van der Waals surface area contributed by atoms with E-state index in [2.05, 4.69) is 14.9 Å². The van der Waals surface area contributed by atoms with Crippen molar-refractivity contribution in [2.24, 2.45) is 0 Å². The van der Waals surface area contributed by atoms with Crippen molar-refractivity contribution < 1.29 is 14.5 Å². The SMILES string of the molecule is COC(=O)c1ccc([N+](=O)[O-])c(N2CCN(c3ccnc(C)n3)CC2)c1. The van der Waals surface area contributed by atoms with Crippen molar-refractivity contribution in [3.05, 3.63) is 52.0 Å². The third-order valence-corrected chi connectivity index (χ3v) is 4.30. The lowest BCUT2D eigenvalue weighted by Crippen LogP contribution is -2.47. The van der Waals surface area contributed by atoms with Gasteiger partial charge >= 0.3 is 5.97 Å². The van der Waals surface area contributed by atoms with Gasteiger partial charge < -0.3 is 14.5 Å². The van der Waals surface area contributed by atoms with Crippen LogP contribution in [0.25, 0.3) is 0 Å². The Balaban J connectivity index is 1.81. The number of aryl methyl sites for hydroxylation is 1. The van der Waals surface area contributed by atoms with Crippen LogP contribution in [0.4, 0.5) is 17.2 Å². The highest BCUT2D eigenvalue weighted by atomic mass is 16.6. The maximum Gasteiger partial charge on any atom is 0.337 e. The molecule has 1 saturated heterocycles. The molecule has 26 heavy (non-hydrogen) atoms. The summed E-state index contributed by atoms with van der Waals surface area (Å²) in [6, 6.07) is 6.13. The number of nitro benzene ring substituents is 1. The van der Waals surface area contributed by atoms with Crippen LogP contribution >= 0.6 is 0 Å². The van der Waals surface area contributed by atoms with Gasteiger partial charge in [-0.1, -0.05) is 0 Å². The molecule has 2 heterocycles. The Hall–Kier alpha value is -3.23. The van der Waals surface area contributed by atoms with E-state index in [0.717, 1.165) is 5.82 Å². The van der Waals surface area contributed by atoms with Crippen LogP contribution in [0.1, 0.15) is 16.2 Å². The zero-order valence-electron chi connectivity index (χ0n) is 14.6. The molecule has 0 aliphatic carbocycles. The Morgan fingerprint density at radius 2 is 1.88 bits per heavy atom. The number of hydrogen-bond donors (Lipinski definition) is 0. The Morgan fingerprint density at radius 1 is 1.19 bits per heavy atom. The van der Waals surface area contributed by atoms with Crippen molar-refractivity contribution in [2.75, 3.05) is 43.1 Å². The number of nitro groups is 1. The summed E-state index contributed by atoms with van der Waals surface area (Å²) in [6.07, 6.45) is 1.72. The lowest BCUT2D eigenvalue weighted by molar-refractivity contribution is -0.384. The number of nitrogens with zero attached hydrogens (tertiary/aromatic N) is 5. The van der Waals surface area contributed by atoms with Gasteiger partial charge in [0.05, 0.1) is 17.6 Å². The zero-order chi connectivity index (χ0) is 18.7. The van der Waals surface area contributed by atoms with Crippen molar-refractivity contribution >= 4 is 23.2 Å². The number of benzene rings is 1. The molecule has 9 heteroatoms. The molecule has 1 aliphatic rings. The van der Waals surface area contributed by atoms with Gasteiger partial charge in [0, 0.05) is 38.4 Å². The summed E-state index contributed by atoms with van der Waals surface area (Å²) in [4.78, 5) is 35.2. The highest BCUT2D eigenvalue weighted by Gasteiger charge is 2.25. The first kappa shape index (κ1) is 17.6. The van der Waals surface area contributed by atoms with Gasteiger partial charge in [-0.3, -0.25) is 10.1 Å². The van der Waals surface area contributed by atoms with Crippen LogP contribution in [0.5, 0.6) is 0 Å². The third-order valence-electron chi connectivity index (χ3n) is 4.30. The average Bonchev–Trinajstić information content (AvgIpc) is 2.67. The number of hydrogen-bond acceptors (Lipinski definition) is 8. The summed E-state index contributed by atoms with van der Waals surface area (Å²) in [5.74, 6) is 1.03. The van der Waals surface area contributed by atoms with E-state index < -0.39 is 10.9 Å². The van der Waals surface area contributed by atoms with E-state index in [1.165, 1.54) is 25.3 Å². The summed E-state index contributed by atoms with van der Waals surface area (Å²) in [5, 5.41) is 11.4. The predicted molar refractivity (Wildman–Crippen MR) is 95.6 cm³/mol. The fourth-order valence-electron chi connectivity index (χ4n) is 2.97. The van der Waals surface area contributed by atoms with Gasteiger partial charge in [0.15, 0.2) is 0 Å². The van der Waals surface area contributed by atoms with Crippen molar-refractivity contribution in [3.8, 4) is 0 Å². The molecule has 1 aromatic carbocycles. The van der Waals surface area contributed by atoms with Gasteiger partial charge in [0.2, 0.25) is 0 Å². The van der Waals surface area contributed by atoms with E-state index in [0.29, 0.717) is 43.3 Å². The van der Waals surface area contributed by atoms with Crippen LogP contribution in [0.3, 0.4) is 0 Å². The Morgan fingerprint density at radius 3 is 2.50 bits per heavy atom. The monoisotopic (exact) mass is 357 g/mol. The predicted octanol–water partition coefficient (Wildman–Crippen LogP) is 1.81. The van der Waals surface area contributed by atoms with E-state index in [4.69, 9.17) is 4.74 Å². The summed E-state index contributed by atoms with van der Waals surface area (Å²) in [6.45, 7) is 4.32. The molecule has 0 N–H and O–H groups in total. The second-order valence-electron chi connectivity index (χ2n) is 5.89. The number of anilines is 2. The van der Waals surface area contributed by atoms with E-state index in [-0.39, 0.29) is 5.69 Å². The molecule has 0 saturated carbocycles. The minimum atomic E-state index is -0.517. The molecule has 3 rings (SSSR count). The number of carbonyl (C=O) groups excluding carboxylic acids is 1. The minimum Gasteiger partial charge on any atom is -0.465 e. The standard InChI is InChI=1S/C17H19N5O4/c1-12-18-6-5-16(19-12)21-9-7-20(8-10-21)15-11-13(17(23)26-2)3-4-14(15)22(24)25/h3-6,11H,7-10H2,1-2H3. The summed E-state index contributed by atoms with van der Waals surface area (Å²) in [7, 11) is 1.28. The molecule has 136 valence electrons. The molecule has 1 aliphatic heterocycles. The molecule has 0 radical (unpaired) electrons. The molecule has 0 amide bonds. The number of carbonyl (C=O) groups is 1. The van der Waals surface area contributed by atoms with E-state index in [1.54, 1.807) is 6.20 Å². The van der Waals surface area contributed by atoms with Crippen LogP contribution in [0.15, 0.2) is 30.5 Å². The zero-order valence-corrected chi connectivity index (χ0v) is 14.6. The maximum atomic E-state index is 11.8. The third kappa shape index (κ3) is 3.56. The molecule has 0 spiro atoms. The molecular weight excluding hydrogens is 338 g/mol. The van der Waals surface area contributed by atoms with Gasteiger partial charge in [-0.2, -0.15) is 0 Å². The van der Waals surface area contributed by atoms with Crippen molar-refractivity contribution in [1.29, 1.82) is 0 Å². The second kappa shape index (κ2) is 7.34. The first-order chi connectivity index (χ1) is 12.5. The van der Waals surface area contributed by atoms with Gasteiger partial charge in [0.25, 0.3) is 5.69 Å². The first-order valence-electron chi connectivity index (χ1n) is 8.16. The van der Waals surface area contributed by atoms with E-state index in [1.807, 2.05) is 17.9 Å². The van der Waals surface area contributed by atoms with Crippen molar-refractivity contribution in [3.63, 3.8) is 0 Å². The van der Waals surface area contributed by atoms with Crippen molar-refractivity contribution in [1.82, 2.24) is 9.97 Å². The lowest BCUT2D eigenvalue weighted by Gasteiger charge is -2.36.